The molecule has 0 bridgehead atoms. The summed E-state index contributed by atoms with van der Waals surface area (Å²) in [6.07, 6.45) is 5.62. The van der Waals surface area contributed by atoms with Crippen LogP contribution < -0.4 is 33.7 Å². The molecule has 0 spiro atoms. The molecular formula is C35H37NO10. The van der Waals surface area contributed by atoms with E-state index >= 15 is 0 Å². The maximum atomic E-state index is 13.9. The largest absolute Gasteiger partial charge is 0.493 e. The predicted molar refractivity (Wildman–Crippen MR) is 172 cm³/mol. The average Bonchev–Trinajstić information content (AvgIpc) is 3.05. The second-order valence-electron chi connectivity index (χ2n) is 9.86. The van der Waals surface area contributed by atoms with Gasteiger partial charge in [0, 0.05) is 13.8 Å². The van der Waals surface area contributed by atoms with E-state index in [0.717, 1.165) is 0 Å². The van der Waals surface area contributed by atoms with Gasteiger partial charge in [-0.05, 0) is 65.2 Å². The van der Waals surface area contributed by atoms with Crippen LogP contribution in [0, 0.1) is 5.92 Å². The highest BCUT2D eigenvalue weighted by Crippen LogP contribution is 2.35. The normalized spacial score (nSPS) is 11.7. The number of carbonyl (C=O) groups is 4. The van der Waals surface area contributed by atoms with Crippen LogP contribution in [0.25, 0.3) is 12.2 Å². The first-order valence-electron chi connectivity index (χ1n) is 14.1. The van der Waals surface area contributed by atoms with Crippen LogP contribution in [0.3, 0.4) is 0 Å². The van der Waals surface area contributed by atoms with Crippen molar-refractivity contribution in [3.63, 3.8) is 0 Å². The van der Waals surface area contributed by atoms with Crippen molar-refractivity contribution < 1.29 is 47.6 Å². The maximum absolute atomic E-state index is 13.9. The standard InChI is InChI=1S/C35H37NO10/c1-21(37)36-35(25-12-17-30(46-22(2)38)33(20-25)45-7)34(26(39)13-8-23-10-15-28(41-3)31(18-23)43-5)27(40)14-9-24-11-16-29(42-4)32(19-24)44-6/h8-20,34-35H,1-7H3,(H,36,37)/b13-8+,14-9+. The Morgan fingerprint density at radius 1 is 0.587 bits per heavy atom. The van der Waals surface area contributed by atoms with E-state index in [2.05, 4.69) is 5.32 Å². The summed E-state index contributed by atoms with van der Waals surface area (Å²) < 4.78 is 31.9. The van der Waals surface area contributed by atoms with E-state index < -0.39 is 35.4 Å². The second kappa shape index (κ2) is 16.5. The Bertz CT molecular complexity index is 1560. The van der Waals surface area contributed by atoms with E-state index in [1.807, 2.05) is 0 Å². The Hall–Kier alpha value is -5.58. The van der Waals surface area contributed by atoms with Crippen molar-refractivity contribution in [1.29, 1.82) is 0 Å². The zero-order valence-corrected chi connectivity index (χ0v) is 26.7. The molecule has 11 heteroatoms. The smallest absolute Gasteiger partial charge is 0.308 e. The number of ketones is 2. The molecule has 1 amide bonds. The van der Waals surface area contributed by atoms with Crippen molar-refractivity contribution >= 4 is 35.6 Å². The molecule has 0 heterocycles. The molecule has 3 rings (SSSR count). The molecule has 0 saturated heterocycles. The average molecular weight is 632 g/mol. The predicted octanol–water partition coefficient (Wildman–Crippen LogP) is 5.01. The third kappa shape index (κ3) is 8.98. The Morgan fingerprint density at radius 3 is 1.43 bits per heavy atom. The summed E-state index contributed by atoms with van der Waals surface area (Å²) in [6.45, 7) is 2.53. The van der Waals surface area contributed by atoms with Crippen LogP contribution in [-0.4, -0.2) is 59.0 Å². The summed E-state index contributed by atoms with van der Waals surface area (Å²) in [5.74, 6) is -1.37. The van der Waals surface area contributed by atoms with Gasteiger partial charge in [0.2, 0.25) is 5.91 Å². The second-order valence-corrected chi connectivity index (χ2v) is 9.86. The molecule has 1 N–H and O–H groups in total. The molecule has 0 radical (unpaired) electrons. The van der Waals surface area contributed by atoms with Gasteiger partial charge in [-0.2, -0.15) is 0 Å². The van der Waals surface area contributed by atoms with E-state index in [-0.39, 0.29) is 11.5 Å². The lowest BCUT2D eigenvalue weighted by atomic mass is 9.85. The first-order chi connectivity index (χ1) is 22.0. The van der Waals surface area contributed by atoms with Gasteiger partial charge in [-0.1, -0.05) is 30.4 Å². The zero-order valence-electron chi connectivity index (χ0n) is 26.7. The maximum Gasteiger partial charge on any atom is 0.308 e. The van der Waals surface area contributed by atoms with E-state index in [0.29, 0.717) is 39.7 Å². The van der Waals surface area contributed by atoms with Crippen LogP contribution >= 0.6 is 0 Å². The Morgan fingerprint density at radius 2 is 1.02 bits per heavy atom. The summed E-state index contributed by atoms with van der Waals surface area (Å²) in [5.41, 5.74) is 1.59. The summed E-state index contributed by atoms with van der Waals surface area (Å²) in [6, 6.07) is 13.6. The van der Waals surface area contributed by atoms with Crippen LogP contribution in [0.1, 0.15) is 36.6 Å². The zero-order chi connectivity index (χ0) is 33.8. The molecule has 46 heavy (non-hydrogen) atoms. The van der Waals surface area contributed by atoms with Gasteiger partial charge in [0.05, 0.1) is 41.6 Å². The third-order valence-corrected chi connectivity index (χ3v) is 6.80. The topological polar surface area (TPSA) is 136 Å². The van der Waals surface area contributed by atoms with Crippen LogP contribution in [0.2, 0.25) is 0 Å². The molecule has 0 aliphatic carbocycles. The number of methoxy groups -OCH3 is 5. The van der Waals surface area contributed by atoms with Gasteiger partial charge in [0.15, 0.2) is 46.1 Å². The molecule has 11 nitrogen and oxygen atoms in total. The molecule has 3 aromatic carbocycles. The number of rotatable bonds is 15. The highest BCUT2D eigenvalue weighted by atomic mass is 16.6. The fourth-order valence-corrected chi connectivity index (χ4v) is 4.64. The molecule has 0 aromatic heterocycles. The Kier molecular flexibility index (Phi) is 12.5. The van der Waals surface area contributed by atoms with Crippen LogP contribution in [0.4, 0.5) is 0 Å². The molecule has 1 atom stereocenters. The van der Waals surface area contributed by atoms with Crippen molar-refractivity contribution in [3.8, 4) is 34.5 Å². The van der Waals surface area contributed by atoms with Gasteiger partial charge < -0.3 is 33.7 Å². The van der Waals surface area contributed by atoms with Gasteiger partial charge >= 0.3 is 5.97 Å². The van der Waals surface area contributed by atoms with Crippen molar-refractivity contribution in [2.24, 2.45) is 5.92 Å². The number of ether oxygens (including phenoxy) is 6. The molecule has 1 unspecified atom stereocenters. The quantitative estimate of drug-likeness (QED) is 0.106. The van der Waals surface area contributed by atoms with Crippen molar-refractivity contribution in [2.75, 3.05) is 35.5 Å². The molecule has 0 aliphatic heterocycles. The minimum Gasteiger partial charge on any atom is -0.493 e. The Balaban J connectivity index is 2.11. The van der Waals surface area contributed by atoms with E-state index in [1.165, 1.54) is 85.8 Å². The van der Waals surface area contributed by atoms with Gasteiger partial charge in [-0.3, -0.25) is 19.2 Å². The summed E-state index contributed by atoms with van der Waals surface area (Å²) in [4.78, 5) is 51.9. The molecule has 242 valence electrons. The fraction of sp³-hybridized carbons (Fsp3) is 0.257. The number of carbonyl (C=O) groups excluding carboxylic acids is 4. The lowest BCUT2D eigenvalue weighted by Gasteiger charge is -2.25. The number of amides is 1. The SMILES string of the molecule is COc1ccc(/C=C/C(=O)C(C(=O)/C=C/c2ccc(OC)c(OC)c2)C(NC(C)=O)c2ccc(OC(C)=O)c(OC)c2)cc1OC. The number of esters is 1. The van der Waals surface area contributed by atoms with Crippen molar-refractivity contribution in [1.82, 2.24) is 5.32 Å². The highest BCUT2D eigenvalue weighted by Gasteiger charge is 2.34. The summed E-state index contributed by atoms with van der Waals surface area (Å²) >= 11 is 0. The number of hydrogen-bond donors (Lipinski definition) is 1. The molecule has 0 saturated carbocycles. The van der Waals surface area contributed by atoms with Crippen LogP contribution in [0.15, 0.2) is 66.7 Å². The van der Waals surface area contributed by atoms with E-state index in [4.69, 9.17) is 28.4 Å². The minimum atomic E-state index is -1.40. The third-order valence-electron chi connectivity index (χ3n) is 6.80. The van der Waals surface area contributed by atoms with E-state index in [9.17, 15) is 19.2 Å². The first-order valence-corrected chi connectivity index (χ1v) is 14.1. The molecular weight excluding hydrogens is 594 g/mol. The molecule has 3 aromatic rings. The highest BCUT2D eigenvalue weighted by molar-refractivity contribution is 6.14. The van der Waals surface area contributed by atoms with Gasteiger partial charge in [-0.15, -0.1) is 0 Å². The van der Waals surface area contributed by atoms with Crippen molar-refractivity contribution in [2.45, 2.75) is 19.9 Å². The molecule has 0 aliphatic rings. The fourth-order valence-electron chi connectivity index (χ4n) is 4.64. The number of allylic oxidation sites excluding steroid dienone is 2. The lowest BCUT2D eigenvalue weighted by Crippen LogP contribution is -2.39. The van der Waals surface area contributed by atoms with Crippen molar-refractivity contribution in [3.05, 3.63) is 83.4 Å². The number of nitrogens with one attached hydrogen (secondary N) is 1. The van der Waals surface area contributed by atoms with Gasteiger partial charge in [0.25, 0.3) is 0 Å². The Labute approximate surface area is 267 Å². The monoisotopic (exact) mass is 631 g/mol. The first kappa shape index (κ1) is 34.9. The van der Waals surface area contributed by atoms with Crippen LogP contribution in [-0.2, 0) is 19.2 Å². The van der Waals surface area contributed by atoms with Crippen LogP contribution in [0.5, 0.6) is 34.5 Å². The minimum absolute atomic E-state index is 0.135. The number of benzene rings is 3. The lowest BCUT2D eigenvalue weighted by molar-refractivity contribution is -0.132. The molecule has 0 fully saturated rings. The number of hydrogen-bond acceptors (Lipinski definition) is 10. The van der Waals surface area contributed by atoms with E-state index in [1.54, 1.807) is 42.5 Å². The summed E-state index contributed by atoms with van der Waals surface area (Å²) in [7, 11) is 7.39. The summed E-state index contributed by atoms with van der Waals surface area (Å²) in [5, 5.41) is 2.75. The van der Waals surface area contributed by atoms with Gasteiger partial charge in [-0.25, -0.2) is 0 Å². The van der Waals surface area contributed by atoms with Gasteiger partial charge in [0.1, 0.15) is 5.92 Å².